The molecule has 1 aliphatic carbocycles. The quantitative estimate of drug-likeness (QED) is 0.868. The molecule has 0 aliphatic heterocycles. The van der Waals surface area contributed by atoms with Gasteiger partial charge in [-0.25, -0.2) is 4.79 Å². The third-order valence-electron chi connectivity index (χ3n) is 3.40. The Labute approximate surface area is 123 Å². The minimum Gasteiger partial charge on any atom is -0.480 e. The number of hydrogen-bond donors (Lipinski definition) is 2. The van der Waals surface area contributed by atoms with Crippen molar-refractivity contribution in [2.45, 2.75) is 19.8 Å². The van der Waals surface area contributed by atoms with Crippen molar-refractivity contribution in [3.63, 3.8) is 0 Å². The number of benzene rings is 1. The number of nitriles is 1. The summed E-state index contributed by atoms with van der Waals surface area (Å²) >= 11 is 0. The van der Waals surface area contributed by atoms with E-state index in [-0.39, 0.29) is 6.54 Å². The molecular weight excluding hydrogens is 270 g/mol. The number of aryl methyl sites for hydroxylation is 1. The fraction of sp³-hybridized carbons (Fsp3) is 0.400. The highest BCUT2D eigenvalue weighted by Gasteiger charge is 2.28. The molecule has 1 fully saturated rings. The SMILES string of the molecule is Cc1ccc(C#N)cc1NC(=O)N(CC(=O)O)CC1CC1. The zero-order valence-electron chi connectivity index (χ0n) is 11.8. The standard InChI is InChI=1S/C15H17N3O3/c1-10-2-3-12(7-16)6-13(10)17-15(21)18(9-14(19)20)8-11-4-5-11/h2-3,6,11H,4-5,8-9H2,1H3,(H,17,21)(H,19,20). The first-order valence-corrected chi connectivity index (χ1v) is 6.78. The van der Waals surface area contributed by atoms with Crippen molar-refractivity contribution in [2.24, 2.45) is 5.92 Å². The Bertz CT molecular complexity index is 603. The lowest BCUT2D eigenvalue weighted by atomic mass is 10.1. The maximum absolute atomic E-state index is 12.2. The molecule has 0 radical (unpaired) electrons. The van der Waals surface area contributed by atoms with Gasteiger partial charge in [0.1, 0.15) is 6.54 Å². The van der Waals surface area contributed by atoms with Gasteiger partial charge in [-0.3, -0.25) is 4.79 Å². The maximum Gasteiger partial charge on any atom is 0.323 e. The number of carboxylic acids is 1. The molecule has 1 aliphatic rings. The van der Waals surface area contributed by atoms with Crippen LogP contribution in [0.2, 0.25) is 0 Å². The van der Waals surface area contributed by atoms with E-state index in [2.05, 4.69) is 5.32 Å². The Kier molecular flexibility index (Phi) is 4.43. The lowest BCUT2D eigenvalue weighted by Gasteiger charge is -2.21. The first-order valence-electron chi connectivity index (χ1n) is 6.78. The number of nitrogens with one attached hydrogen (secondary N) is 1. The fourth-order valence-electron chi connectivity index (χ4n) is 2.02. The second-order valence-corrected chi connectivity index (χ2v) is 5.29. The van der Waals surface area contributed by atoms with E-state index in [4.69, 9.17) is 10.4 Å². The molecule has 110 valence electrons. The molecule has 0 spiro atoms. The molecule has 0 unspecified atom stereocenters. The Morgan fingerprint density at radius 1 is 1.48 bits per heavy atom. The number of carbonyl (C=O) groups excluding carboxylic acids is 1. The molecule has 0 aromatic heterocycles. The van der Waals surface area contributed by atoms with Crippen molar-refractivity contribution < 1.29 is 14.7 Å². The highest BCUT2D eigenvalue weighted by molar-refractivity contribution is 5.92. The summed E-state index contributed by atoms with van der Waals surface area (Å²) in [5, 5.41) is 20.5. The van der Waals surface area contributed by atoms with Crippen molar-refractivity contribution in [2.75, 3.05) is 18.4 Å². The predicted molar refractivity (Wildman–Crippen MR) is 76.8 cm³/mol. The number of urea groups is 1. The van der Waals surface area contributed by atoms with Gasteiger partial charge in [-0.1, -0.05) is 6.07 Å². The molecule has 6 heteroatoms. The normalized spacial score (nSPS) is 13.3. The summed E-state index contributed by atoms with van der Waals surface area (Å²) in [6, 6.07) is 6.57. The van der Waals surface area contributed by atoms with Gasteiger partial charge in [-0.05, 0) is 43.4 Å². The number of aliphatic carboxylic acids is 1. The van der Waals surface area contributed by atoms with E-state index in [0.717, 1.165) is 18.4 Å². The van der Waals surface area contributed by atoms with Crippen LogP contribution in [0.1, 0.15) is 24.0 Å². The van der Waals surface area contributed by atoms with E-state index >= 15 is 0 Å². The van der Waals surface area contributed by atoms with Crippen LogP contribution in [0.5, 0.6) is 0 Å². The van der Waals surface area contributed by atoms with E-state index < -0.39 is 12.0 Å². The fourth-order valence-corrected chi connectivity index (χ4v) is 2.02. The lowest BCUT2D eigenvalue weighted by molar-refractivity contribution is -0.137. The smallest absolute Gasteiger partial charge is 0.323 e. The molecule has 1 saturated carbocycles. The first-order chi connectivity index (χ1) is 9.99. The molecule has 0 heterocycles. The Balaban J connectivity index is 2.10. The van der Waals surface area contributed by atoms with Gasteiger partial charge >= 0.3 is 12.0 Å². The van der Waals surface area contributed by atoms with Gasteiger partial charge in [0, 0.05) is 12.2 Å². The molecule has 1 aromatic rings. The Morgan fingerprint density at radius 3 is 2.76 bits per heavy atom. The summed E-state index contributed by atoms with van der Waals surface area (Å²) < 4.78 is 0. The van der Waals surface area contributed by atoms with Crippen LogP contribution >= 0.6 is 0 Å². The highest BCUT2D eigenvalue weighted by Crippen LogP contribution is 2.30. The number of hydrogen-bond acceptors (Lipinski definition) is 3. The number of anilines is 1. The van der Waals surface area contributed by atoms with Crippen LogP contribution in [0.3, 0.4) is 0 Å². The summed E-state index contributed by atoms with van der Waals surface area (Å²) in [5.41, 5.74) is 1.80. The molecule has 0 atom stereocenters. The van der Waals surface area contributed by atoms with Crippen LogP contribution in [0.25, 0.3) is 0 Å². The van der Waals surface area contributed by atoms with Gasteiger partial charge in [0.05, 0.1) is 11.6 Å². The van der Waals surface area contributed by atoms with Crippen molar-refractivity contribution in [1.29, 1.82) is 5.26 Å². The van der Waals surface area contributed by atoms with E-state index in [1.165, 1.54) is 4.90 Å². The molecule has 2 amide bonds. The van der Waals surface area contributed by atoms with Crippen LogP contribution in [0, 0.1) is 24.2 Å². The van der Waals surface area contributed by atoms with Crippen molar-refractivity contribution in [3.8, 4) is 6.07 Å². The molecule has 2 rings (SSSR count). The number of carboxylic acid groups (broad SMARTS) is 1. The van der Waals surface area contributed by atoms with E-state index in [1.54, 1.807) is 18.2 Å². The number of rotatable bonds is 5. The molecular formula is C15H17N3O3. The summed E-state index contributed by atoms with van der Waals surface area (Å²) in [6.45, 7) is 1.95. The Morgan fingerprint density at radius 2 is 2.19 bits per heavy atom. The van der Waals surface area contributed by atoms with Crippen LogP contribution in [-0.4, -0.2) is 35.1 Å². The largest absolute Gasteiger partial charge is 0.480 e. The molecule has 1 aromatic carbocycles. The topological polar surface area (TPSA) is 93.4 Å². The summed E-state index contributed by atoms with van der Waals surface area (Å²) in [6.07, 6.45) is 2.07. The average Bonchev–Trinajstić information content (AvgIpc) is 3.24. The third-order valence-corrected chi connectivity index (χ3v) is 3.40. The molecule has 2 N–H and O–H groups in total. The van der Waals surface area contributed by atoms with Crippen molar-refractivity contribution in [1.82, 2.24) is 4.90 Å². The van der Waals surface area contributed by atoms with Gasteiger partial charge in [-0.2, -0.15) is 5.26 Å². The van der Waals surface area contributed by atoms with Crippen molar-refractivity contribution >= 4 is 17.7 Å². The van der Waals surface area contributed by atoms with Gasteiger partial charge in [0.2, 0.25) is 0 Å². The van der Waals surface area contributed by atoms with Gasteiger partial charge in [0.25, 0.3) is 0 Å². The van der Waals surface area contributed by atoms with Crippen molar-refractivity contribution in [3.05, 3.63) is 29.3 Å². The monoisotopic (exact) mass is 287 g/mol. The molecule has 0 bridgehead atoms. The maximum atomic E-state index is 12.2. The van der Waals surface area contributed by atoms with Gasteiger partial charge in [-0.15, -0.1) is 0 Å². The number of nitrogens with zero attached hydrogens (tertiary/aromatic N) is 2. The second kappa shape index (κ2) is 6.27. The minimum atomic E-state index is -1.03. The van der Waals surface area contributed by atoms with Crippen LogP contribution in [0.15, 0.2) is 18.2 Å². The molecule has 0 saturated heterocycles. The average molecular weight is 287 g/mol. The van der Waals surface area contributed by atoms with E-state index in [9.17, 15) is 9.59 Å². The second-order valence-electron chi connectivity index (χ2n) is 5.29. The third kappa shape index (κ3) is 4.21. The van der Waals surface area contributed by atoms with Crippen LogP contribution in [-0.2, 0) is 4.79 Å². The van der Waals surface area contributed by atoms with Crippen LogP contribution in [0.4, 0.5) is 10.5 Å². The van der Waals surface area contributed by atoms with E-state index in [0.29, 0.717) is 23.7 Å². The number of amides is 2. The zero-order chi connectivity index (χ0) is 15.4. The summed E-state index contributed by atoms with van der Waals surface area (Å²) in [4.78, 5) is 24.4. The lowest BCUT2D eigenvalue weighted by Crippen LogP contribution is -2.40. The molecule has 21 heavy (non-hydrogen) atoms. The molecule has 6 nitrogen and oxygen atoms in total. The summed E-state index contributed by atoms with van der Waals surface area (Å²) in [7, 11) is 0. The van der Waals surface area contributed by atoms with Gasteiger partial charge in [0.15, 0.2) is 0 Å². The summed E-state index contributed by atoms with van der Waals surface area (Å²) in [5.74, 6) is -0.630. The first kappa shape index (κ1) is 14.9. The Hall–Kier alpha value is -2.55. The zero-order valence-corrected chi connectivity index (χ0v) is 11.8. The predicted octanol–water partition coefficient (Wildman–Crippen LogP) is 2.20. The number of carbonyl (C=O) groups is 2. The van der Waals surface area contributed by atoms with E-state index in [1.807, 2.05) is 13.0 Å². The minimum absolute atomic E-state index is 0.320. The van der Waals surface area contributed by atoms with Gasteiger partial charge < -0.3 is 15.3 Å². The highest BCUT2D eigenvalue weighted by atomic mass is 16.4. The van der Waals surface area contributed by atoms with Crippen LogP contribution < -0.4 is 5.32 Å².